The average molecular weight is 1390 g/mol. The Hall–Kier alpha value is -9.06. The van der Waals surface area contributed by atoms with Crippen molar-refractivity contribution in [2.75, 3.05) is 9.80 Å². The van der Waals surface area contributed by atoms with Crippen molar-refractivity contribution < 1.29 is 0 Å². The van der Waals surface area contributed by atoms with Gasteiger partial charge in [0.05, 0.1) is 34.1 Å². The molecule has 0 bridgehead atoms. The van der Waals surface area contributed by atoms with Gasteiger partial charge in [0.15, 0.2) is 0 Å². The molecular weight excluding hydrogens is 1300 g/mol. The summed E-state index contributed by atoms with van der Waals surface area (Å²) in [5, 5.41) is 4.95. The summed E-state index contributed by atoms with van der Waals surface area (Å²) in [5.74, 6) is 0. The highest BCUT2D eigenvalue weighted by Gasteiger charge is 2.46. The molecule has 13 aromatic carbocycles. The maximum absolute atomic E-state index is 3.51. The first-order valence-electron chi connectivity index (χ1n) is 34.6. The zero-order valence-electron chi connectivity index (χ0n) is 57.6. The molecule has 0 saturated heterocycles. The second-order valence-corrected chi connectivity index (χ2v) is 32.7. The lowest BCUT2D eigenvalue weighted by atomic mass is 9.67. The third-order valence-electron chi connectivity index (χ3n) is 23.6. The Labute approximate surface area is 590 Å². The highest BCUT2D eigenvalue weighted by atomic mass is 79.9. The van der Waals surface area contributed by atoms with Crippen molar-refractivity contribution in [2.24, 2.45) is 0 Å². The first-order chi connectivity index (χ1) is 46.5. The fraction of sp³-hybridized carbons (Fsp3) is 0.204. The Balaban J connectivity index is 0.000000155. The number of rotatable bonds is 2. The van der Waals surface area contributed by atoms with E-state index >= 15 is 0 Å². The van der Waals surface area contributed by atoms with Gasteiger partial charge in [0.25, 0.3) is 0 Å². The molecular formula is C93H80Br2N2. The molecule has 6 aliphatic rings. The molecule has 0 aromatic heterocycles. The van der Waals surface area contributed by atoms with E-state index in [4.69, 9.17) is 0 Å². The van der Waals surface area contributed by atoms with E-state index < -0.39 is 0 Å². The normalized spacial score (nSPS) is 16.8. The molecule has 0 fully saturated rings. The second kappa shape index (κ2) is 21.7. The van der Waals surface area contributed by atoms with Gasteiger partial charge in [-0.1, -0.05) is 303 Å². The molecule has 0 spiro atoms. The maximum atomic E-state index is 3.51. The molecule has 13 aromatic rings. The zero-order chi connectivity index (χ0) is 67.0. The van der Waals surface area contributed by atoms with Gasteiger partial charge in [0, 0.05) is 52.2 Å². The number of benzene rings is 13. The third-order valence-corrected chi connectivity index (χ3v) is 25.0. The Morgan fingerprint density at radius 3 is 0.959 bits per heavy atom. The van der Waals surface area contributed by atoms with Crippen molar-refractivity contribution >= 4 is 87.5 Å². The standard InChI is InChI=1S/C58H50N2.C25H24.C10H6Br2/c1-55(2)41-23-11-9-19-35(41)39-31-47-53(33-45(39)55)59(51-27-15-13-25-43(51)57(47,5)6)49-29-17-22-38-37(49)21-18-30-50(38)60-52-28-16-14-26-44(52)58(7,8)48-32-40-36-20-10-12-24-42(36)56(3,4)46(40)34-54(48)60;1-24(2)20-11-7-5-9-16(20)13-17-14-23-19(15-22(17)24)18-10-6-8-12-21(18)25(23,3)4;11-9-5-1-3-7-8(9)4-2-6-10(7)12/h9-34H,1-8H3;5-12,14-15H,13H2,1-4H3;1-6H. The van der Waals surface area contributed by atoms with Crippen molar-refractivity contribution in [3.8, 4) is 33.4 Å². The van der Waals surface area contributed by atoms with E-state index in [9.17, 15) is 0 Å². The van der Waals surface area contributed by atoms with Gasteiger partial charge in [-0.05, 0) is 195 Å². The van der Waals surface area contributed by atoms with Gasteiger partial charge in [-0.15, -0.1) is 0 Å². The minimum Gasteiger partial charge on any atom is -0.309 e. The van der Waals surface area contributed by atoms with E-state index in [0.717, 1.165) is 15.4 Å². The van der Waals surface area contributed by atoms with Crippen LogP contribution in [0, 0.1) is 0 Å². The van der Waals surface area contributed by atoms with Crippen LogP contribution in [0.5, 0.6) is 0 Å². The van der Waals surface area contributed by atoms with Crippen LogP contribution in [-0.4, -0.2) is 0 Å². The summed E-state index contributed by atoms with van der Waals surface area (Å²) in [6.07, 6.45) is 1.05. The number of halogens is 2. The molecule has 0 N–H and O–H groups in total. The van der Waals surface area contributed by atoms with E-state index in [1.54, 1.807) is 0 Å². The van der Waals surface area contributed by atoms with Crippen molar-refractivity contribution in [2.45, 2.75) is 122 Å². The Bertz CT molecular complexity index is 5240. The number of hydrogen-bond acceptors (Lipinski definition) is 2. The van der Waals surface area contributed by atoms with Crippen molar-refractivity contribution in [1.82, 2.24) is 0 Å². The fourth-order valence-corrected chi connectivity index (χ4v) is 19.4. The third kappa shape index (κ3) is 8.94. The van der Waals surface area contributed by atoms with Crippen LogP contribution in [0.3, 0.4) is 0 Å². The number of nitrogens with zero attached hydrogens (tertiary/aromatic N) is 2. The topological polar surface area (TPSA) is 6.48 Å². The molecule has 0 unspecified atom stereocenters. The SMILES string of the molecule is Brc1cccc2c(Br)cccc12.CC1(C)c2ccccc2-c2cc3c(cc21)N(c1cccc2c(N4c5ccccc5C(C)(C)c5cc6c(cc54)C(C)(C)c4ccccc4-6)cccc12)c1ccccc1C3(C)C.CC1(C)c2ccccc2Cc2cc3c(cc21)-c1ccccc1C3(C)C. The van der Waals surface area contributed by atoms with Gasteiger partial charge < -0.3 is 9.80 Å². The summed E-state index contributed by atoms with van der Waals surface area (Å²) in [5.41, 5.74) is 35.2. The summed E-state index contributed by atoms with van der Waals surface area (Å²) in [7, 11) is 0. The maximum Gasteiger partial charge on any atom is 0.0541 e. The Kier molecular flexibility index (Phi) is 13.8. The van der Waals surface area contributed by atoms with Gasteiger partial charge in [-0.25, -0.2) is 0 Å². The number of anilines is 6. The average Bonchev–Trinajstić information content (AvgIpc) is 1.68. The molecule has 476 valence electrons. The summed E-state index contributed by atoms with van der Waals surface area (Å²) < 4.78 is 2.28. The first kappa shape index (κ1) is 61.5. The Morgan fingerprint density at radius 1 is 0.216 bits per heavy atom. The minimum atomic E-state index is -0.198. The minimum absolute atomic E-state index is 0.0564. The quantitative estimate of drug-likeness (QED) is 0.170. The molecule has 0 radical (unpaired) electrons. The molecule has 0 atom stereocenters. The smallest absolute Gasteiger partial charge is 0.0541 e. The van der Waals surface area contributed by atoms with E-state index in [1.165, 1.54) is 167 Å². The lowest BCUT2D eigenvalue weighted by Crippen LogP contribution is -2.31. The highest BCUT2D eigenvalue weighted by Crippen LogP contribution is 2.62. The predicted molar refractivity (Wildman–Crippen MR) is 417 cm³/mol. The second-order valence-electron chi connectivity index (χ2n) is 31.0. The van der Waals surface area contributed by atoms with E-state index in [-0.39, 0.29) is 32.5 Å². The first-order valence-corrected chi connectivity index (χ1v) is 36.2. The molecule has 97 heavy (non-hydrogen) atoms. The van der Waals surface area contributed by atoms with Crippen LogP contribution in [0.1, 0.15) is 161 Å². The van der Waals surface area contributed by atoms with E-state index in [1.807, 2.05) is 12.1 Å². The number of hydrogen-bond donors (Lipinski definition) is 0. The fourth-order valence-electron chi connectivity index (χ4n) is 18.4. The molecule has 0 amide bonds. The molecule has 2 nitrogen and oxygen atoms in total. The van der Waals surface area contributed by atoms with Crippen molar-refractivity contribution in [3.05, 3.63) is 342 Å². The lowest BCUT2D eigenvalue weighted by Gasteiger charge is -2.44. The van der Waals surface area contributed by atoms with Crippen molar-refractivity contribution in [1.29, 1.82) is 0 Å². The predicted octanol–water partition coefficient (Wildman–Crippen LogP) is 26.3. The molecule has 2 heterocycles. The number of para-hydroxylation sites is 2. The van der Waals surface area contributed by atoms with Gasteiger partial charge in [-0.3, -0.25) is 0 Å². The van der Waals surface area contributed by atoms with Crippen LogP contribution >= 0.6 is 31.9 Å². The largest absolute Gasteiger partial charge is 0.309 e. The van der Waals surface area contributed by atoms with Crippen LogP contribution in [0.25, 0.3) is 54.9 Å². The lowest BCUT2D eigenvalue weighted by molar-refractivity contribution is 0.606. The van der Waals surface area contributed by atoms with Gasteiger partial charge in [0.2, 0.25) is 0 Å². The zero-order valence-corrected chi connectivity index (χ0v) is 60.8. The monoisotopic (exact) mass is 1380 g/mol. The summed E-state index contributed by atoms with van der Waals surface area (Å²) in [6, 6.07) is 95.5. The number of fused-ring (bicyclic) bond motifs is 17. The molecule has 2 aliphatic heterocycles. The van der Waals surface area contributed by atoms with Crippen LogP contribution in [0.4, 0.5) is 34.1 Å². The highest BCUT2D eigenvalue weighted by molar-refractivity contribution is 9.11. The molecule has 0 saturated carbocycles. The summed E-state index contributed by atoms with van der Waals surface area (Å²) in [6.45, 7) is 28.7. The molecule has 4 heteroatoms. The van der Waals surface area contributed by atoms with Crippen LogP contribution < -0.4 is 9.80 Å². The summed E-state index contributed by atoms with van der Waals surface area (Å²) >= 11 is 7.02. The van der Waals surface area contributed by atoms with Gasteiger partial charge >= 0.3 is 0 Å². The van der Waals surface area contributed by atoms with Crippen LogP contribution in [0.15, 0.2) is 264 Å². The van der Waals surface area contributed by atoms with Gasteiger partial charge in [0.1, 0.15) is 0 Å². The molecule has 4 aliphatic carbocycles. The van der Waals surface area contributed by atoms with Crippen LogP contribution in [-0.2, 0) is 38.9 Å². The van der Waals surface area contributed by atoms with E-state index in [0.29, 0.717) is 0 Å². The van der Waals surface area contributed by atoms with E-state index in [2.05, 4.69) is 367 Å². The van der Waals surface area contributed by atoms with Crippen molar-refractivity contribution in [3.63, 3.8) is 0 Å². The molecule has 19 rings (SSSR count). The van der Waals surface area contributed by atoms with Gasteiger partial charge in [-0.2, -0.15) is 0 Å². The Morgan fingerprint density at radius 2 is 0.526 bits per heavy atom. The summed E-state index contributed by atoms with van der Waals surface area (Å²) in [4.78, 5) is 5.16. The van der Waals surface area contributed by atoms with Crippen LogP contribution in [0.2, 0.25) is 0 Å².